The predicted octanol–water partition coefficient (Wildman–Crippen LogP) is 3.12. The van der Waals surface area contributed by atoms with Gasteiger partial charge in [-0.25, -0.2) is 14.8 Å². The minimum absolute atomic E-state index is 0.250. The molecule has 0 amide bonds. The van der Waals surface area contributed by atoms with Crippen LogP contribution < -0.4 is 4.90 Å². The number of nitrogens with zero attached hydrogens (tertiary/aromatic N) is 4. The first-order valence-electron chi connectivity index (χ1n) is 9.69. The van der Waals surface area contributed by atoms with E-state index in [4.69, 9.17) is 14.6 Å². The lowest BCUT2D eigenvalue weighted by Gasteiger charge is -2.28. The SMILES string of the molecule is O=C(O)C(F)(F)F.c1cnc(N2CC[C@@H](OCC3CC3)[C@@H]2Cc2cccnc2)nc1. The molecule has 1 aliphatic heterocycles. The number of ether oxygens (including phenoxy) is 1. The second-order valence-corrected chi connectivity index (χ2v) is 7.28. The van der Waals surface area contributed by atoms with Gasteiger partial charge in [0, 0.05) is 37.9 Å². The molecule has 3 heterocycles. The standard InChI is InChI=1S/C18H22N4O.C2HF3O2/c1-3-15(12-19-7-1)11-16-17(23-13-14-4-5-14)6-10-22(16)18-20-8-2-9-21-18;3-2(4,5)1(6)7/h1-3,7-9,12,14,16-17H,4-6,10-11,13H2;(H,6,7)/t16-,17+;/m0./s1. The minimum atomic E-state index is -5.08. The average molecular weight is 424 g/mol. The number of carboxylic acids is 1. The van der Waals surface area contributed by atoms with Crippen molar-refractivity contribution in [3.63, 3.8) is 0 Å². The minimum Gasteiger partial charge on any atom is -0.475 e. The van der Waals surface area contributed by atoms with Crippen molar-refractivity contribution in [3.05, 3.63) is 48.5 Å². The average Bonchev–Trinajstić information content (AvgIpc) is 3.48. The van der Waals surface area contributed by atoms with Gasteiger partial charge in [0.15, 0.2) is 0 Å². The Labute approximate surface area is 171 Å². The molecule has 0 radical (unpaired) electrons. The summed E-state index contributed by atoms with van der Waals surface area (Å²) < 4.78 is 38.0. The zero-order valence-electron chi connectivity index (χ0n) is 16.2. The Kier molecular flexibility index (Phi) is 7.20. The summed E-state index contributed by atoms with van der Waals surface area (Å²) in [6, 6.07) is 6.26. The highest BCUT2D eigenvalue weighted by Crippen LogP contribution is 2.32. The van der Waals surface area contributed by atoms with Crippen molar-refractivity contribution in [2.24, 2.45) is 5.92 Å². The number of carboxylic acid groups (broad SMARTS) is 1. The number of anilines is 1. The van der Waals surface area contributed by atoms with E-state index in [1.54, 1.807) is 0 Å². The normalized spacial score (nSPS) is 21.1. The highest BCUT2D eigenvalue weighted by atomic mass is 19.4. The summed E-state index contributed by atoms with van der Waals surface area (Å²) in [6.07, 6.45) is 7.15. The first kappa shape index (κ1) is 21.9. The molecule has 2 aromatic rings. The second kappa shape index (κ2) is 9.84. The second-order valence-electron chi connectivity index (χ2n) is 7.28. The third-order valence-electron chi connectivity index (χ3n) is 4.95. The third-order valence-corrected chi connectivity index (χ3v) is 4.95. The summed E-state index contributed by atoms with van der Waals surface area (Å²) in [5.41, 5.74) is 1.24. The van der Waals surface area contributed by atoms with E-state index >= 15 is 0 Å². The van der Waals surface area contributed by atoms with Crippen molar-refractivity contribution >= 4 is 11.9 Å². The molecule has 7 nitrogen and oxygen atoms in total. The van der Waals surface area contributed by atoms with Crippen LogP contribution in [0.3, 0.4) is 0 Å². The molecule has 0 spiro atoms. The Morgan fingerprint density at radius 2 is 1.87 bits per heavy atom. The molecule has 4 rings (SSSR count). The van der Waals surface area contributed by atoms with E-state index in [-0.39, 0.29) is 12.1 Å². The highest BCUT2D eigenvalue weighted by Gasteiger charge is 2.38. The zero-order valence-corrected chi connectivity index (χ0v) is 16.2. The number of hydrogen-bond donors (Lipinski definition) is 1. The molecular weight excluding hydrogens is 401 g/mol. The van der Waals surface area contributed by atoms with Crippen molar-refractivity contribution in [2.45, 2.75) is 44.0 Å². The molecule has 1 saturated heterocycles. The summed E-state index contributed by atoms with van der Waals surface area (Å²) >= 11 is 0. The summed E-state index contributed by atoms with van der Waals surface area (Å²) in [7, 11) is 0. The van der Waals surface area contributed by atoms with Crippen LogP contribution in [0.5, 0.6) is 0 Å². The fourth-order valence-electron chi connectivity index (χ4n) is 3.25. The summed E-state index contributed by atoms with van der Waals surface area (Å²) in [5.74, 6) is -1.16. The van der Waals surface area contributed by atoms with Gasteiger partial charge in [0.25, 0.3) is 0 Å². The topological polar surface area (TPSA) is 88.4 Å². The zero-order chi connectivity index (χ0) is 21.6. The van der Waals surface area contributed by atoms with Gasteiger partial charge in [-0.1, -0.05) is 6.07 Å². The molecule has 0 unspecified atom stereocenters. The number of carbonyl (C=O) groups is 1. The van der Waals surface area contributed by atoms with Crippen molar-refractivity contribution < 1.29 is 27.8 Å². The molecule has 30 heavy (non-hydrogen) atoms. The van der Waals surface area contributed by atoms with Crippen LogP contribution in [0.2, 0.25) is 0 Å². The Hall–Kier alpha value is -2.75. The van der Waals surface area contributed by atoms with Crippen LogP contribution in [-0.4, -0.2) is 57.5 Å². The Bertz CT molecular complexity index is 804. The van der Waals surface area contributed by atoms with E-state index in [9.17, 15) is 13.2 Å². The number of halogens is 3. The fraction of sp³-hybridized carbons (Fsp3) is 0.500. The molecule has 2 aliphatic rings. The van der Waals surface area contributed by atoms with Crippen molar-refractivity contribution in [1.29, 1.82) is 0 Å². The maximum absolute atomic E-state index is 10.6. The summed E-state index contributed by atoms with van der Waals surface area (Å²) in [5, 5.41) is 7.12. The van der Waals surface area contributed by atoms with E-state index in [0.717, 1.165) is 37.9 Å². The van der Waals surface area contributed by atoms with Crippen LogP contribution in [0, 0.1) is 5.92 Å². The molecule has 1 saturated carbocycles. The van der Waals surface area contributed by atoms with Gasteiger partial charge in [-0.2, -0.15) is 13.2 Å². The predicted molar refractivity (Wildman–Crippen MR) is 102 cm³/mol. The van der Waals surface area contributed by atoms with Crippen LogP contribution in [0.15, 0.2) is 43.0 Å². The molecule has 2 fully saturated rings. The van der Waals surface area contributed by atoms with Gasteiger partial charge in [0.05, 0.1) is 12.1 Å². The summed E-state index contributed by atoms with van der Waals surface area (Å²) in [4.78, 5) is 24.3. The van der Waals surface area contributed by atoms with Crippen LogP contribution >= 0.6 is 0 Å². The quantitative estimate of drug-likeness (QED) is 0.762. The van der Waals surface area contributed by atoms with Crippen molar-refractivity contribution in [3.8, 4) is 0 Å². The fourth-order valence-corrected chi connectivity index (χ4v) is 3.25. The van der Waals surface area contributed by atoms with Gasteiger partial charge in [-0.05, 0) is 49.3 Å². The number of aromatic nitrogens is 3. The number of hydrogen-bond acceptors (Lipinski definition) is 6. The Morgan fingerprint density at radius 3 is 2.43 bits per heavy atom. The van der Waals surface area contributed by atoms with Crippen molar-refractivity contribution in [1.82, 2.24) is 15.0 Å². The van der Waals surface area contributed by atoms with Gasteiger partial charge < -0.3 is 14.7 Å². The monoisotopic (exact) mass is 424 g/mol. The first-order chi connectivity index (χ1) is 14.3. The van der Waals surface area contributed by atoms with Crippen LogP contribution in [0.25, 0.3) is 0 Å². The Balaban J connectivity index is 0.000000318. The molecule has 2 aromatic heterocycles. The van der Waals surface area contributed by atoms with E-state index in [0.29, 0.717) is 0 Å². The molecular formula is C20H23F3N4O3. The van der Waals surface area contributed by atoms with E-state index in [2.05, 4.69) is 25.9 Å². The molecule has 1 aliphatic carbocycles. The van der Waals surface area contributed by atoms with Gasteiger partial charge in [0.1, 0.15) is 0 Å². The molecule has 1 N–H and O–H groups in total. The lowest BCUT2D eigenvalue weighted by atomic mass is 10.0. The van der Waals surface area contributed by atoms with E-state index < -0.39 is 12.1 Å². The van der Waals surface area contributed by atoms with Gasteiger partial charge in [-0.3, -0.25) is 4.98 Å². The van der Waals surface area contributed by atoms with Crippen LogP contribution in [0.4, 0.5) is 19.1 Å². The molecule has 10 heteroatoms. The molecule has 2 atom stereocenters. The number of alkyl halides is 3. The van der Waals surface area contributed by atoms with Crippen molar-refractivity contribution in [2.75, 3.05) is 18.1 Å². The number of rotatable bonds is 6. The maximum atomic E-state index is 10.6. The summed E-state index contributed by atoms with van der Waals surface area (Å²) in [6.45, 7) is 1.85. The largest absolute Gasteiger partial charge is 0.490 e. The van der Waals surface area contributed by atoms with Crippen LogP contribution in [0.1, 0.15) is 24.8 Å². The van der Waals surface area contributed by atoms with Gasteiger partial charge in [-0.15, -0.1) is 0 Å². The van der Waals surface area contributed by atoms with E-state index in [1.807, 2.05) is 36.9 Å². The third kappa shape index (κ3) is 6.38. The van der Waals surface area contributed by atoms with E-state index in [1.165, 1.54) is 18.4 Å². The highest BCUT2D eigenvalue weighted by molar-refractivity contribution is 5.73. The number of aliphatic carboxylic acids is 1. The lowest BCUT2D eigenvalue weighted by molar-refractivity contribution is -0.192. The molecule has 0 aromatic carbocycles. The maximum Gasteiger partial charge on any atom is 0.490 e. The smallest absolute Gasteiger partial charge is 0.475 e. The number of pyridine rings is 1. The van der Waals surface area contributed by atoms with Gasteiger partial charge in [0.2, 0.25) is 5.95 Å². The molecule has 0 bridgehead atoms. The lowest BCUT2D eigenvalue weighted by Crippen LogP contribution is -2.39. The first-order valence-corrected chi connectivity index (χ1v) is 9.69. The van der Waals surface area contributed by atoms with Crippen LogP contribution in [-0.2, 0) is 16.0 Å². The van der Waals surface area contributed by atoms with Gasteiger partial charge >= 0.3 is 12.1 Å². The Morgan fingerprint density at radius 1 is 1.17 bits per heavy atom. The molecule has 162 valence electrons.